The Hall–Kier alpha value is -3.95. The molecule has 0 spiro atoms. The van der Waals surface area contributed by atoms with Gasteiger partial charge < -0.3 is 4.57 Å². The molecule has 0 radical (unpaired) electrons. The van der Waals surface area contributed by atoms with Crippen LogP contribution in [0.5, 0.6) is 0 Å². The maximum Gasteiger partial charge on any atom is 0.264 e. The molecule has 0 fully saturated rings. The summed E-state index contributed by atoms with van der Waals surface area (Å²) in [6, 6.07) is 20.5. The number of nitrogens with one attached hydrogen (secondary N) is 1. The number of carbonyl (C=O) groups excluding carboxylic acids is 1. The number of para-hydroxylation sites is 1. The Morgan fingerprint density at radius 1 is 1.03 bits per heavy atom. The van der Waals surface area contributed by atoms with Gasteiger partial charge in [0.1, 0.15) is 12.4 Å². The number of benzene rings is 3. The largest absolute Gasteiger partial charge is 0.316 e. The first-order valence-corrected chi connectivity index (χ1v) is 13.5. The van der Waals surface area contributed by atoms with Crippen molar-refractivity contribution in [3.63, 3.8) is 0 Å². The highest BCUT2D eigenvalue weighted by atomic mass is 35.5. The Kier molecular flexibility index (Phi) is 7.99. The molecule has 1 heterocycles. The monoisotopic (exact) mass is 552 g/mol. The first kappa shape index (κ1) is 27.1. The van der Waals surface area contributed by atoms with E-state index in [0.717, 1.165) is 56.8 Å². The predicted molar refractivity (Wildman–Crippen MR) is 148 cm³/mol. The van der Waals surface area contributed by atoms with E-state index >= 15 is 0 Å². The Morgan fingerprint density at radius 2 is 1.68 bits per heavy atom. The summed E-state index contributed by atoms with van der Waals surface area (Å²) in [6.07, 6.45) is 1.50. The molecule has 1 amide bonds. The van der Waals surface area contributed by atoms with Gasteiger partial charge in [-0.1, -0.05) is 41.4 Å². The normalized spacial score (nSPS) is 11.6. The molecule has 0 aliphatic heterocycles. The highest BCUT2D eigenvalue weighted by Crippen LogP contribution is 2.26. The molecular formula is C28H26ClFN4O3S. The van der Waals surface area contributed by atoms with Crippen molar-refractivity contribution >= 4 is 39.4 Å². The lowest BCUT2D eigenvalue weighted by atomic mass is 10.2. The predicted octanol–water partition coefficient (Wildman–Crippen LogP) is 5.54. The smallest absolute Gasteiger partial charge is 0.264 e. The van der Waals surface area contributed by atoms with Crippen molar-refractivity contribution in [2.24, 2.45) is 5.10 Å². The van der Waals surface area contributed by atoms with Crippen LogP contribution >= 0.6 is 11.6 Å². The topological polar surface area (TPSA) is 83.8 Å². The van der Waals surface area contributed by atoms with Crippen LogP contribution in [0.1, 0.15) is 22.5 Å². The fourth-order valence-electron chi connectivity index (χ4n) is 4.02. The number of hydrogen-bond acceptors (Lipinski definition) is 4. The summed E-state index contributed by atoms with van der Waals surface area (Å²) in [4.78, 5) is 12.7. The molecule has 0 bridgehead atoms. The first-order chi connectivity index (χ1) is 18.1. The van der Waals surface area contributed by atoms with Crippen molar-refractivity contribution in [1.29, 1.82) is 0 Å². The van der Waals surface area contributed by atoms with E-state index in [4.69, 9.17) is 11.6 Å². The molecule has 0 saturated heterocycles. The summed E-state index contributed by atoms with van der Waals surface area (Å²) in [6.45, 7) is 5.19. The van der Waals surface area contributed by atoms with Crippen LogP contribution in [0.4, 0.5) is 10.1 Å². The molecular weight excluding hydrogens is 527 g/mol. The summed E-state index contributed by atoms with van der Waals surface area (Å²) in [5, 5.41) is 4.66. The van der Waals surface area contributed by atoms with Gasteiger partial charge in [0.15, 0.2) is 0 Å². The van der Waals surface area contributed by atoms with Crippen LogP contribution < -0.4 is 9.73 Å². The Morgan fingerprint density at radius 3 is 2.34 bits per heavy atom. The van der Waals surface area contributed by atoms with Crippen LogP contribution in [0, 0.1) is 26.6 Å². The van der Waals surface area contributed by atoms with E-state index in [1.165, 1.54) is 6.21 Å². The van der Waals surface area contributed by atoms with Gasteiger partial charge in [-0.25, -0.2) is 18.2 Å². The molecule has 1 aromatic heterocycles. The molecule has 0 aliphatic rings. The van der Waals surface area contributed by atoms with E-state index in [0.29, 0.717) is 10.7 Å². The number of aryl methyl sites for hydroxylation is 2. The lowest BCUT2D eigenvalue weighted by Crippen LogP contribution is -2.39. The highest BCUT2D eigenvalue weighted by Gasteiger charge is 2.27. The van der Waals surface area contributed by atoms with E-state index in [-0.39, 0.29) is 4.90 Å². The summed E-state index contributed by atoms with van der Waals surface area (Å²) in [5.41, 5.74) is 7.02. The third-order valence-corrected chi connectivity index (χ3v) is 8.08. The molecule has 196 valence electrons. The number of anilines is 1. The van der Waals surface area contributed by atoms with E-state index in [1.54, 1.807) is 24.3 Å². The van der Waals surface area contributed by atoms with Crippen LogP contribution in [0.2, 0.25) is 5.02 Å². The Labute approximate surface area is 226 Å². The summed E-state index contributed by atoms with van der Waals surface area (Å²) in [5.74, 6) is -1.21. The number of rotatable bonds is 8. The van der Waals surface area contributed by atoms with E-state index in [2.05, 4.69) is 10.5 Å². The number of nitrogens with zero attached hydrogens (tertiary/aromatic N) is 3. The Bertz CT molecular complexity index is 1600. The van der Waals surface area contributed by atoms with Crippen molar-refractivity contribution in [3.8, 4) is 5.69 Å². The highest BCUT2D eigenvalue weighted by molar-refractivity contribution is 7.92. The second-order valence-electron chi connectivity index (χ2n) is 8.71. The quantitative estimate of drug-likeness (QED) is 0.230. The third kappa shape index (κ3) is 5.79. The van der Waals surface area contributed by atoms with Crippen molar-refractivity contribution in [2.45, 2.75) is 25.7 Å². The summed E-state index contributed by atoms with van der Waals surface area (Å²) >= 11 is 6.37. The number of carbonyl (C=O) groups is 1. The molecule has 0 atom stereocenters. The van der Waals surface area contributed by atoms with Gasteiger partial charge in [0.05, 0.1) is 27.5 Å². The van der Waals surface area contributed by atoms with E-state index in [1.807, 2.05) is 55.7 Å². The van der Waals surface area contributed by atoms with Gasteiger partial charge in [0.25, 0.3) is 15.9 Å². The molecule has 10 heteroatoms. The maximum absolute atomic E-state index is 13.4. The lowest BCUT2D eigenvalue weighted by Gasteiger charge is -2.23. The zero-order chi connectivity index (χ0) is 27.4. The molecule has 0 saturated carbocycles. The van der Waals surface area contributed by atoms with Crippen molar-refractivity contribution in [1.82, 2.24) is 9.99 Å². The second-order valence-corrected chi connectivity index (χ2v) is 11.0. The van der Waals surface area contributed by atoms with Gasteiger partial charge >= 0.3 is 0 Å². The molecule has 3 aromatic carbocycles. The molecule has 4 rings (SSSR count). The SMILES string of the molecule is Cc1ccc(N(CC(=O)N/N=C\c2cc(C)n(-c3ccccc3Cl)c2C)S(=O)(=O)c2ccc(F)cc2)cc1. The summed E-state index contributed by atoms with van der Waals surface area (Å²) in [7, 11) is -4.16. The minimum absolute atomic E-state index is 0.136. The average molecular weight is 553 g/mol. The van der Waals surface area contributed by atoms with Crippen molar-refractivity contribution in [3.05, 3.63) is 112 Å². The first-order valence-electron chi connectivity index (χ1n) is 11.7. The number of halogens is 2. The van der Waals surface area contributed by atoms with Gasteiger partial charge in [-0.15, -0.1) is 0 Å². The molecule has 4 aromatic rings. The summed E-state index contributed by atoms with van der Waals surface area (Å²) < 4.78 is 43.1. The maximum atomic E-state index is 13.4. The number of aromatic nitrogens is 1. The fourth-order valence-corrected chi connectivity index (χ4v) is 5.66. The molecule has 0 aliphatic carbocycles. The van der Waals surface area contributed by atoms with Crippen LogP contribution in [0.25, 0.3) is 5.69 Å². The fraction of sp³-hybridized carbons (Fsp3) is 0.143. The van der Waals surface area contributed by atoms with Crippen molar-refractivity contribution < 1.29 is 17.6 Å². The van der Waals surface area contributed by atoms with Crippen LogP contribution in [-0.2, 0) is 14.8 Å². The number of hydrogen-bond donors (Lipinski definition) is 1. The lowest BCUT2D eigenvalue weighted by molar-refractivity contribution is -0.119. The number of sulfonamides is 1. The molecule has 38 heavy (non-hydrogen) atoms. The van der Waals surface area contributed by atoms with E-state index < -0.39 is 28.3 Å². The van der Waals surface area contributed by atoms with Gasteiger partial charge in [0.2, 0.25) is 0 Å². The van der Waals surface area contributed by atoms with E-state index in [9.17, 15) is 17.6 Å². The number of amides is 1. The van der Waals surface area contributed by atoms with Gasteiger partial charge in [0, 0.05) is 17.0 Å². The molecule has 7 nitrogen and oxygen atoms in total. The molecule has 1 N–H and O–H groups in total. The second kappa shape index (κ2) is 11.2. The number of hydrazone groups is 1. The average Bonchev–Trinajstić information content (AvgIpc) is 3.16. The zero-order valence-corrected chi connectivity index (χ0v) is 22.6. The van der Waals surface area contributed by atoms with Gasteiger partial charge in [-0.05, 0) is 75.4 Å². The molecule has 0 unspecified atom stereocenters. The standard InChI is InChI=1S/C28H26ClFN4O3S/c1-19-8-12-24(13-9-19)33(38(36,37)25-14-10-23(30)11-15-25)18-28(35)32-31-17-22-16-20(2)34(21(22)3)27-7-5-4-6-26(27)29/h4-17H,18H2,1-3H3,(H,32,35)/b31-17-. The van der Waals surface area contributed by atoms with Crippen LogP contribution in [0.15, 0.2) is 88.9 Å². The minimum Gasteiger partial charge on any atom is -0.316 e. The van der Waals surface area contributed by atoms with Gasteiger partial charge in [-0.3, -0.25) is 9.10 Å². The third-order valence-electron chi connectivity index (χ3n) is 5.97. The van der Waals surface area contributed by atoms with Crippen molar-refractivity contribution in [2.75, 3.05) is 10.8 Å². The zero-order valence-electron chi connectivity index (χ0n) is 21.0. The Balaban J connectivity index is 1.56. The minimum atomic E-state index is -4.16. The van der Waals surface area contributed by atoms with Crippen LogP contribution in [-0.4, -0.2) is 31.7 Å². The van der Waals surface area contributed by atoms with Gasteiger partial charge in [-0.2, -0.15) is 5.10 Å². The van der Waals surface area contributed by atoms with Crippen LogP contribution in [0.3, 0.4) is 0 Å².